The van der Waals surface area contributed by atoms with Gasteiger partial charge in [0, 0.05) is 5.69 Å². The summed E-state index contributed by atoms with van der Waals surface area (Å²) in [5.74, 6) is -0.378. The van der Waals surface area contributed by atoms with Crippen LogP contribution in [0.25, 0.3) is 12.2 Å². The van der Waals surface area contributed by atoms with Gasteiger partial charge in [0.15, 0.2) is 11.0 Å². The molecule has 124 valence electrons. The topological polar surface area (TPSA) is 130 Å². The maximum atomic E-state index is 12.2. The molecule has 0 spiro atoms. The first-order valence-electron chi connectivity index (χ1n) is 6.67. The standard InChI is InChI=1S/C15H15N5O3S/c1-3-9-7-12(19-11(9)4-2)14(21)18-10-5-6-13(17-8-10)24(23)20-15(16)22/h3-8,19H,1-2H2,(H,18,21)(H3,16,20,22). The van der Waals surface area contributed by atoms with Crippen LogP contribution in [0.4, 0.5) is 10.5 Å². The molecule has 0 saturated heterocycles. The summed E-state index contributed by atoms with van der Waals surface area (Å²) in [6.45, 7) is 7.32. The van der Waals surface area contributed by atoms with Crippen LogP contribution in [0.3, 0.4) is 0 Å². The summed E-state index contributed by atoms with van der Waals surface area (Å²) in [5.41, 5.74) is 7.07. The summed E-state index contributed by atoms with van der Waals surface area (Å²) < 4.78 is 13.6. The minimum Gasteiger partial charge on any atom is -0.351 e. The summed E-state index contributed by atoms with van der Waals surface area (Å²) in [7, 11) is -1.85. The number of carbonyl (C=O) groups is 2. The summed E-state index contributed by atoms with van der Waals surface area (Å²) in [4.78, 5) is 29.7. The van der Waals surface area contributed by atoms with Crippen molar-refractivity contribution in [2.75, 3.05) is 5.32 Å². The number of rotatable bonds is 6. The van der Waals surface area contributed by atoms with Crippen LogP contribution in [0.15, 0.2) is 42.6 Å². The molecule has 0 saturated carbocycles. The van der Waals surface area contributed by atoms with Crippen LogP contribution in [0, 0.1) is 0 Å². The maximum Gasteiger partial charge on any atom is 0.324 e. The molecule has 0 aliphatic carbocycles. The highest BCUT2D eigenvalue weighted by Gasteiger charge is 2.12. The third-order valence-electron chi connectivity index (χ3n) is 2.93. The van der Waals surface area contributed by atoms with Crippen LogP contribution >= 0.6 is 0 Å². The van der Waals surface area contributed by atoms with Gasteiger partial charge in [-0.15, -0.1) is 0 Å². The van der Waals surface area contributed by atoms with Gasteiger partial charge < -0.3 is 16.0 Å². The molecule has 5 N–H and O–H groups in total. The van der Waals surface area contributed by atoms with Gasteiger partial charge in [-0.05, 0) is 29.8 Å². The molecular weight excluding hydrogens is 330 g/mol. The number of H-pyrrole nitrogens is 1. The molecule has 0 fully saturated rings. The molecule has 2 aromatic heterocycles. The highest BCUT2D eigenvalue weighted by atomic mass is 32.2. The third-order valence-corrected chi connectivity index (χ3v) is 3.93. The molecular formula is C15H15N5O3S. The quantitative estimate of drug-likeness (QED) is 0.634. The monoisotopic (exact) mass is 345 g/mol. The van der Waals surface area contributed by atoms with Crippen molar-refractivity contribution in [1.82, 2.24) is 14.7 Å². The van der Waals surface area contributed by atoms with E-state index in [1.807, 2.05) is 4.72 Å². The highest BCUT2D eigenvalue weighted by Crippen LogP contribution is 2.15. The molecule has 8 nitrogen and oxygen atoms in total. The van der Waals surface area contributed by atoms with Gasteiger partial charge in [-0.1, -0.05) is 19.2 Å². The number of aromatic amines is 1. The van der Waals surface area contributed by atoms with Crippen LogP contribution in [0.2, 0.25) is 0 Å². The summed E-state index contributed by atoms with van der Waals surface area (Å²) in [6.07, 6.45) is 4.52. The molecule has 1 unspecified atom stereocenters. The van der Waals surface area contributed by atoms with Crippen molar-refractivity contribution in [3.8, 4) is 0 Å². The fraction of sp³-hybridized carbons (Fsp3) is 0. The molecule has 0 bridgehead atoms. The smallest absolute Gasteiger partial charge is 0.324 e. The average molecular weight is 345 g/mol. The Labute approximate surface area is 140 Å². The zero-order chi connectivity index (χ0) is 17.7. The molecule has 2 aromatic rings. The van der Waals surface area contributed by atoms with E-state index >= 15 is 0 Å². The number of amides is 3. The predicted octanol–water partition coefficient (Wildman–Crippen LogP) is 1.64. The van der Waals surface area contributed by atoms with Crippen molar-refractivity contribution >= 4 is 40.8 Å². The number of carbonyl (C=O) groups excluding carboxylic acids is 2. The Hall–Kier alpha value is -3.20. The number of aromatic nitrogens is 2. The fourth-order valence-electron chi connectivity index (χ4n) is 1.85. The molecule has 0 aliphatic heterocycles. The third kappa shape index (κ3) is 3.96. The number of hydrogen-bond donors (Lipinski definition) is 4. The van der Waals surface area contributed by atoms with Gasteiger partial charge in [-0.2, -0.15) is 0 Å². The molecule has 2 heterocycles. The van der Waals surface area contributed by atoms with E-state index in [0.29, 0.717) is 17.1 Å². The lowest BCUT2D eigenvalue weighted by Gasteiger charge is -2.05. The molecule has 9 heteroatoms. The number of anilines is 1. The van der Waals surface area contributed by atoms with Crippen LogP contribution in [0.5, 0.6) is 0 Å². The molecule has 0 aromatic carbocycles. The van der Waals surface area contributed by atoms with Crippen molar-refractivity contribution in [1.29, 1.82) is 0 Å². The molecule has 3 amide bonds. The molecule has 2 rings (SSSR count). The Kier molecular flexibility index (Phi) is 5.27. The largest absolute Gasteiger partial charge is 0.351 e. The minimum absolute atomic E-state index is 0.106. The van der Waals surface area contributed by atoms with Crippen molar-refractivity contribution in [3.63, 3.8) is 0 Å². The van der Waals surface area contributed by atoms with Crippen molar-refractivity contribution in [2.45, 2.75) is 5.03 Å². The lowest BCUT2D eigenvalue weighted by molar-refractivity contribution is 0.102. The van der Waals surface area contributed by atoms with Crippen LogP contribution in [-0.4, -0.2) is 26.1 Å². The van der Waals surface area contributed by atoms with Gasteiger partial charge in [0.2, 0.25) is 0 Å². The number of hydrogen-bond acceptors (Lipinski definition) is 4. The second-order valence-corrected chi connectivity index (χ2v) is 5.69. The predicted molar refractivity (Wildman–Crippen MR) is 92.3 cm³/mol. The second-order valence-electron chi connectivity index (χ2n) is 4.53. The number of urea groups is 1. The van der Waals surface area contributed by atoms with E-state index in [9.17, 15) is 13.8 Å². The number of nitrogens with zero attached hydrogens (tertiary/aromatic N) is 1. The van der Waals surface area contributed by atoms with Gasteiger partial charge in [0.25, 0.3) is 5.91 Å². The summed E-state index contributed by atoms with van der Waals surface area (Å²) >= 11 is 0. The van der Waals surface area contributed by atoms with Crippen LogP contribution in [-0.2, 0) is 11.0 Å². The van der Waals surface area contributed by atoms with E-state index < -0.39 is 17.0 Å². The normalized spacial score (nSPS) is 11.3. The van der Waals surface area contributed by atoms with E-state index in [2.05, 4.69) is 28.4 Å². The first kappa shape index (κ1) is 17.2. The Balaban J connectivity index is 2.10. The van der Waals surface area contributed by atoms with Crippen LogP contribution in [0.1, 0.15) is 21.7 Å². The number of primary amides is 1. The second kappa shape index (κ2) is 7.38. The Bertz CT molecular complexity index is 801. The average Bonchev–Trinajstić information content (AvgIpc) is 2.98. The van der Waals surface area contributed by atoms with Gasteiger partial charge in [0.1, 0.15) is 10.7 Å². The van der Waals surface area contributed by atoms with Gasteiger partial charge >= 0.3 is 6.03 Å². The number of pyridine rings is 1. The first-order chi connectivity index (χ1) is 11.4. The fourth-order valence-corrected chi connectivity index (χ4v) is 2.48. The SMILES string of the molecule is C=Cc1cc(C(=O)Nc2ccc(S(=O)NC(N)=O)nc2)[nH]c1C=C. The van der Waals surface area contributed by atoms with Crippen molar-refractivity contribution < 1.29 is 13.8 Å². The Morgan fingerprint density at radius 2 is 2.04 bits per heavy atom. The van der Waals surface area contributed by atoms with Gasteiger partial charge in [0.05, 0.1) is 11.9 Å². The van der Waals surface area contributed by atoms with Gasteiger partial charge in [-0.25, -0.2) is 14.0 Å². The number of nitrogens with one attached hydrogen (secondary N) is 3. The van der Waals surface area contributed by atoms with Crippen molar-refractivity contribution in [3.05, 3.63) is 54.5 Å². The molecule has 24 heavy (non-hydrogen) atoms. The van der Waals surface area contributed by atoms with E-state index in [4.69, 9.17) is 5.73 Å². The lowest BCUT2D eigenvalue weighted by atomic mass is 10.2. The first-order valence-corrected chi connectivity index (χ1v) is 7.82. The zero-order valence-corrected chi connectivity index (χ0v) is 13.4. The Morgan fingerprint density at radius 3 is 2.54 bits per heavy atom. The number of nitrogens with two attached hydrogens (primary N) is 1. The van der Waals surface area contributed by atoms with E-state index in [0.717, 1.165) is 5.56 Å². The molecule has 1 atom stereocenters. The van der Waals surface area contributed by atoms with Gasteiger partial charge in [-0.3, -0.25) is 9.52 Å². The summed E-state index contributed by atoms with van der Waals surface area (Å²) in [6, 6.07) is 3.63. The zero-order valence-electron chi connectivity index (χ0n) is 12.5. The lowest BCUT2D eigenvalue weighted by Crippen LogP contribution is -2.31. The van der Waals surface area contributed by atoms with E-state index in [1.54, 1.807) is 18.2 Å². The molecule has 0 radical (unpaired) electrons. The van der Waals surface area contributed by atoms with E-state index in [-0.39, 0.29) is 10.9 Å². The maximum absolute atomic E-state index is 12.2. The highest BCUT2D eigenvalue weighted by molar-refractivity contribution is 7.83. The van der Waals surface area contributed by atoms with Crippen molar-refractivity contribution in [2.24, 2.45) is 5.73 Å². The molecule has 0 aliphatic rings. The van der Waals surface area contributed by atoms with Crippen LogP contribution < -0.4 is 15.8 Å². The summed E-state index contributed by atoms with van der Waals surface area (Å²) in [5, 5.41) is 2.75. The Morgan fingerprint density at radius 1 is 1.29 bits per heavy atom. The minimum atomic E-state index is -1.85. The van der Waals surface area contributed by atoms with E-state index in [1.165, 1.54) is 18.3 Å².